The maximum absolute atomic E-state index is 13.8. The Hall–Kier alpha value is 0.360. The Bertz CT molecular complexity index is 689. The number of halogens is 2. The van der Waals surface area contributed by atoms with E-state index in [9.17, 15) is 7.92 Å². The predicted molar refractivity (Wildman–Crippen MR) is 86.7 cm³/mol. The van der Waals surface area contributed by atoms with Crippen molar-refractivity contribution in [1.82, 2.24) is 0 Å². The molecule has 0 saturated carbocycles. The third kappa shape index (κ3) is 3.23. The van der Waals surface area contributed by atoms with Crippen LogP contribution in [0.1, 0.15) is 14.8 Å². The van der Waals surface area contributed by atoms with Crippen molar-refractivity contribution in [1.29, 1.82) is 0 Å². The summed E-state index contributed by atoms with van der Waals surface area (Å²) in [5.74, 6) is 0. The molecule has 1 atom stereocenters. The molecule has 0 radical (unpaired) electrons. The first-order valence-corrected chi connectivity index (χ1v) is 19.7. The fourth-order valence-electron chi connectivity index (χ4n) is 2.79. The van der Waals surface area contributed by atoms with E-state index in [-0.39, 0.29) is 39.2 Å². The molecule has 1 aromatic carbocycles. The van der Waals surface area contributed by atoms with Crippen LogP contribution >= 0.6 is 24.8 Å². The smallest absolute Gasteiger partial charge is 0.147 e. The fraction of sp³-hybridized carbons (Fsp3) is 0.385. The molecule has 0 aliphatic heterocycles. The molecule has 0 heterocycles. The van der Waals surface area contributed by atoms with Gasteiger partial charge < -0.3 is 0 Å². The van der Waals surface area contributed by atoms with E-state index >= 15 is 0 Å². The second kappa shape index (κ2) is 5.86. The summed E-state index contributed by atoms with van der Waals surface area (Å²) in [6.45, 7) is 1.38. The molecular formula is C13H22Cl2O3SiZr. The maximum atomic E-state index is 13.8. The van der Waals surface area contributed by atoms with Crippen molar-refractivity contribution >= 4 is 37.8 Å². The van der Waals surface area contributed by atoms with Crippen LogP contribution in [0.2, 0.25) is 8.76 Å². The Morgan fingerprint density at radius 2 is 1.95 bits per heavy atom. The molecule has 0 amide bonds. The van der Waals surface area contributed by atoms with E-state index in [0.717, 1.165) is 11.1 Å². The Balaban J connectivity index is 0.00000180. The van der Waals surface area contributed by atoms with Crippen LogP contribution in [0.25, 0.3) is 6.08 Å². The van der Waals surface area contributed by atoms with Gasteiger partial charge in [-0.3, -0.25) is 0 Å². The molecule has 0 spiro atoms. The molecule has 1 N–H and O–H groups in total. The molecule has 7 heteroatoms. The number of fused-ring (bicyclic) bond motifs is 1. The fourth-order valence-corrected chi connectivity index (χ4v) is 14.3. The van der Waals surface area contributed by atoms with Gasteiger partial charge in [0, 0.05) is 0 Å². The summed E-state index contributed by atoms with van der Waals surface area (Å²) in [6.07, 6.45) is 3.97. The molecule has 1 aliphatic rings. The number of hydrogen-bond acceptors (Lipinski definition) is 3. The van der Waals surface area contributed by atoms with E-state index < -0.39 is 16.4 Å². The molecule has 1 aliphatic carbocycles. The number of allylic oxidation sites excluding steroid dienone is 1. The first kappa shape index (κ1) is 20.4. The number of rotatable bonds is 4. The standard InChI is InChI=1S/C9H7.C2H5O.CH3O.CH3.2ClH.O.H2Si.Zr/c1-2-5-9-7-3-6-8(9)4-1;1-2-3;1-2;;;;;;/h1-7H;3H,1-2H2;1H3;1H3;2*1H;;1H2;/q;;-1;;;;;;+1. The van der Waals surface area contributed by atoms with Gasteiger partial charge in [-0.1, -0.05) is 0 Å². The molecule has 0 aromatic heterocycles. The Morgan fingerprint density at radius 1 is 1.35 bits per heavy atom. The van der Waals surface area contributed by atoms with Gasteiger partial charge >= 0.3 is 108 Å². The van der Waals surface area contributed by atoms with E-state index in [4.69, 9.17) is 2.81 Å². The summed E-state index contributed by atoms with van der Waals surface area (Å²) >= 11 is -5.14. The van der Waals surface area contributed by atoms with Crippen LogP contribution < -0.4 is 0 Å². The number of aliphatic hydroxyl groups is 1. The van der Waals surface area contributed by atoms with Gasteiger partial charge in [0.05, 0.1) is 0 Å². The second-order valence-electron chi connectivity index (χ2n) is 6.10. The van der Waals surface area contributed by atoms with Crippen LogP contribution in [-0.4, -0.2) is 25.7 Å². The van der Waals surface area contributed by atoms with Crippen molar-refractivity contribution in [3.63, 3.8) is 0 Å². The Morgan fingerprint density at radius 3 is 2.50 bits per heavy atom. The van der Waals surface area contributed by atoms with Crippen molar-refractivity contribution in [2.45, 2.75) is 12.4 Å². The summed E-state index contributed by atoms with van der Waals surface area (Å²) in [5.41, 5.74) is 2.15. The van der Waals surface area contributed by atoms with Gasteiger partial charge in [-0.15, -0.1) is 24.8 Å². The monoisotopic (exact) mass is 414 g/mol. The van der Waals surface area contributed by atoms with Gasteiger partial charge in [0.2, 0.25) is 0 Å². The minimum atomic E-state index is -5.14. The van der Waals surface area contributed by atoms with Crippen molar-refractivity contribution in [2.75, 3.05) is 13.7 Å². The summed E-state index contributed by atoms with van der Waals surface area (Å²) in [5, 5.41) is 9.32. The number of benzene rings is 1. The zero-order valence-corrected chi connectivity index (χ0v) is 17.2. The van der Waals surface area contributed by atoms with Crippen LogP contribution in [0.3, 0.4) is 0 Å². The van der Waals surface area contributed by atoms with E-state index in [0.29, 0.717) is 0 Å². The average molecular weight is 417 g/mol. The third-order valence-electron chi connectivity index (χ3n) is 4.39. The average Bonchev–Trinajstić information content (AvgIpc) is 2.74. The summed E-state index contributed by atoms with van der Waals surface area (Å²) in [6, 6.07) is 7.94. The third-order valence-corrected chi connectivity index (χ3v) is 24.7. The topological polar surface area (TPSA) is 46.5 Å². The van der Waals surface area contributed by atoms with Gasteiger partial charge in [0.1, 0.15) is 0 Å². The normalized spacial score (nSPS) is 18.2. The number of hydrogen-bond donors (Lipinski definition) is 1. The minimum absolute atomic E-state index is 0. The van der Waals surface area contributed by atoms with Crippen LogP contribution in [0.5, 0.6) is 0 Å². The van der Waals surface area contributed by atoms with Crippen molar-refractivity contribution in [3.05, 3.63) is 41.5 Å². The SMILES string of the molecule is C[O][Zr]([CH3])(=[O])(=[SiH2])([CH2]CO)[CH]1C=Cc2ccccc21.Cl.Cl. The quantitative estimate of drug-likeness (QED) is 0.768. The summed E-state index contributed by atoms with van der Waals surface area (Å²) in [4.78, 5) is 0. The molecular weight excluding hydrogens is 394 g/mol. The predicted octanol–water partition coefficient (Wildman–Crippen LogP) is 2.74. The molecule has 0 fully saturated rings. The first-order chi connectivity index (χ1) is 8.25. The van der Waals surface area contributed by atoms with Crippen LogP contribution in [-0.2, 0) is 22.0 Å². The van der Waals surface area contributed by atoms with Crippen molar-refractivity contribution < 1.29 is 27.1 Å². The minimum Gasteiger partial charge on any atom is -0.147 e. The van der Waals surface area contributed by atoms with E-state index in [1.165, 1.54) is 14.0 Å². The second-order valence-corrected chi connectivity index (χ2v) is 37.4. The van der Waals surface area contributed by atoms with E-state index in [1.54, 1.807) is 4.63 Å². The Labute approximate surface area is 131 Å². The maximum Gasteiger partial charge on any atom is -0.147 e. The van der Waals surface area contributed by atoms with Crippen molar-refractivity contribution in [3.8, 4) is 0 Å². The van der Waals surface area contributed by atoms with Crippen LogP contribution in [0.4, 0.5) is 0 Å². The largest absolute Gasteiger partial charge is 0.147 e. The molecule has 0 saturated heterocycles. The molecule has 2 rings (SSSR count). The molecule has 3 nitrogen and oxygen atoms in total. The Kier molecular flexibility index (Phi) is 5.97. The van der Waals surface area contributed by atoms with Crippen molar-refractivity contribution in [2.24, 2.45) is 0 Å². The number of aliphatic hydroxyl groups excluding tert-OH is 1. The summed E-state index contributed by atoms with van der Waals surface area (Å²) < 4.78 is 21.2. The van der Waals surface area contributed by atoms with E-state index in [2.05, 4.69) is 0 Å². The van der Waals surface area contributed by atoms with Crippen LogP contribution in [0, 0.1) is 0 Å². The van der Waals surface area contributed by atoms with Gasteiger partial charge in [-0.25, -0.2) is 0 Å². The molecule has 1 aromatic rings. The molecule has 114 valence electrons. The first-order valence-electron chi connectivity index (χ1n) is 6.20. The van der Waals surface area contributed by atoms with E-state index in [1.807, 2.05) is 36.4 Å². The van der Waals surface area contributed by atoms with Gasteiger partial charge in [-0.05, 0) is 0 Å². The molecule has 20 heavy (non-hydrogen) atoms. The molecule has 0 bridgehead atoms. The van der Waals surface area contributed by atoms with Gasteiger partial charge in [-0.2, -0.15) is 0 Å². The zero-order chi connectivity index (χ0) is 13.5. The van der Waals surface area contributed by atoms with Crippen LogP contribution in [0.15, 0.2) is 30.3 Å². The van der Waals surface area contributed by atoms with Gasteiger partial charge in [0.25, 0.3) is 0 Å². The molecule has 1 unspecified atom stereocenters. The summed E-state index contributed by atoms with van der Waals surface area (Å²) in [7, 11) is 1.52. The van der Waals surface area contributed by atoms with Gasteiger partial charge in [0.15, 0.2) is 0 Å². The zero-order valence-electron chi connectivity index (χ0n) is 11.7.